The molecule has 0 N–H and O–H groups in total. The van der Waals surface area contributed by atoms with Crippen molar-refractivity contribution in [2.45, 2.75) is 32.6 Å². The van der Waals surface area contributed by atoms with Crippen molar-refractivity contribution in [2.75, 3.05) is 18.5 Å². The fraction of sp³-hybridized carbons (Fsp3) is 0.500. The van der Waals surface area contributed by atoms with E-state index >= 15 is 0 Å². The molecule has 0 heterocycles. The first-order valence-electron chi connectivity index (χ1n) is 6.04. The number of benzene rings is 1. The van der Waals surface area contributed by atoms with Gasteiger partial charge in [-0.15, -0.1) is 0 Å². The van der Waals surface area contributed by atoms with Gasteiger partial charge in [-0.1, -0.05) is 38.3 Å². The van der Waals surface area contributed by atoms with E-state index in [1.165, 1.54) is 25.7 Å². The van der Waals surface area contributed by atoms with Crippen molar-refractivity contribution >= 4 is 12.0 Å². The molecule has 1 aromatic carbocycles. The van der Waals surface area contributed by atoms with E-state index in [0.29, 0.717) is 0 Å². The molecule has 0 bridgehead atoms. The Morgan fingerprint density at radius 2 is 2.06 bits per heavy atom. The average molecular weight is 219 g/mol. The molecule has 1 aromatic rings. The summed E-state index contributed by atoms with van der Waals surface area (Å²) in [6.45, 7) is 3.28. The summed E-state index contributed by atoms with van der Waals surface area (Å²) in [5.41, 5.74) is 1.87. The van der Waals surface area contributed by atoms with Crippen LogP contribution in [0.3, 0.4) is 0 Å². The topological polar surface area (TPSA) is 20.3 Å². The number of carbonyl (C=O) groups excluding carboxylic acids is 1. The monoisotopic (exact) mass is 219 g/mol. The van der Waals surface area contributed by atoms with E-state index in [9.17, 15) is 4.79 Å². The highest BCUT2D eigenvalue weighted by Crippen LogP contribution is 2.14. The molecule has 88 valence electrons. The number of carbonyl (C=O) groups is 1. The number of unbranched alkanes of at least 4 members (excludes halogenated alkanes) is 3. The number of aldehydes is 1. The van der Waals surface area contributed by atoms with Crippen molar-refractivity contribution in [3.05, 3.63) is 29.8 Å². The Balaban J connectivity index is 2.45. The molecule has 0 aliphatic heterocycles. The Kier molecular flexibility index (Phi) is 5.62. The number of hydrogen-bond donors (Lipinski definition) is 0. The summed E-state index contributed by atoms with van der Waals surface area (Å²) in [5, 5.41) is 0. The average Bonchev–Trinajstić information content (AvgIpc) is 2.34. The second kappa shape index (κ2) is 7.04. The van der Waals surface area contributed by atoms with Crippen molar-refractivity contribution in [1.29, 1.82) is 0 Å². The third kappa shape index (κ3) is 4.05. The summed E-state index contributed by atoms with van der Waals surface area (Å²) in [6.07, 6.45) is 5.98. The highest BCUT2D eigenvalue weighted by Gasteiger charge is 2.01. The maximum atomic E-state index is 10.7. The van der Waals surface area contributed by atoms with E-state index in [4.69, 9.17) is 0 Å². The van der Waals surface area contributed by atoms with Gasteiger partial charge in [-0.05, 0) is 18.6 Å². The Bertz CT molecular complexity index is 322. The van der Waals surface area contributed by atoms with Gasteiger partial charge < -0.3 is 4.90 Å². The Morgan fingerprint density at radius 1 is 1.25 bits per heavy atom. The zero-order chi connectivity index (χ0) is 11.8. The smallest absolute Gasteiger partial charge is 0.150 e. The lowest BCUT2D eigenvalue weighted by atomic mass is 10.1. The van der Waals surface area contributed by atoms with E-state index in [2.05, 4.69) is 18.9 Å². The molecular weight excluding hydrogens is 198 g/mol. The van der Waals surface area contributed by atoms with E-state index in [1.54, 1.807) is 0 Å². The molecule has 0 saturated carbocycles. The zero-order valence-corrected chi connectivity index (χ0v) is 10.3. The highest BCUT2D eigenvalue weighted by molar-refractivity contribution is 5.77. The predicted octanol–water partition coefficient (Wildman–Crippen LogP) is 3.52. The molecule has 2 heteroatoms. The molecule has 0 radical (unpaired) electrons. The maximum absolute atomic E-state index is 10.7. The van der Waals surface area contributed by atoms with Crippen molar-refractivity contribution in [3.63, 3.8) is 0 Å². The van der Waals surface area contributed by atoms with Crippen LogP contribution in [-0.2, 0) is 0 Å². The van der Waals surface area contributed by atoms with Crippen LogP contribution in [0.15, 0.2) is 24.3 Å². The lowest BCUT2D eigenvalue weighted by molar-refractivity contribution is 0.112. The van der Waals surface area contributed by atoms with E-state index < -0.39 is 0 Å². The first-order chi connectivity index (χ1) is 7.77. The predicted molar refractivity (Wildman–Crippen MR) is 69.2 cm³/mol. The van der Waals surface area contributed by atoms with Crippen LogP contribution in [0.25, 0.3) is 0 Å². The molecule has 1 rings (SSSR count). The molecule has 0 saturated heterocycles. The quantitative estimate of drug-likeness (QED) is 0.516. The van der Waals surface area contributed by atoms with Gasteiger partial charge in [-0.3, -0.25) is 4.79 Å². The third-order valence-corrected chi connectivity index (χ3v) is 2.79. The van der Waals surface area contributed by atoms with E-state index in [0.717, 1.165) is 24.1 Å². The highest BCUT2D eigenvalue weighted by atomic mass is 16.1. The standard InChI is InChI=1S/C14H21NO/c1-3-4-5-6-10-15(2)14-9-7-8-13(11-14)12-16/h7-9,11-12H,3-6,10H2,1-2H3. The molecule has 2 nitrogen and oxygen atoms in total. The minimum Gasteiger partial charge on any atom is -0.375 e. The summed E-state index contributed by atoms with van der Waals surface area (Å²) >= 11 is 0. The normalized spacial score (nSPS) is 10.1. The Morgan fingerprint density at radius 3 is 2.75 bits per heavy atom. The largest absolute Gasteiger partial charge is 0.375 e. The van der Waals surface area contributed by atoms with Crippen LogP contribution in [0.1, 0.15) is 43.0 Å². The summed E-state index contributed by atoms with van der Waals surface area (Å²) in [7, 11) is 2.08. The van der Waals surface area contributed by atoms with Crippen molar-refractivity contribution in [3.8, 4) is 0 Å². The SMILES string of the molecule is CCCCCCN(C)c1cccc(C=O)c1. The lowest BCUT2D eigenvalue weighted by Crippen LogP contribution is -2.18. The van der Waals surface area contributed by atoms with E-state index in [-0.39, 0.29) is 0 Å². The van der Waals surface area contributed by atoms with Gasteiger partial charge in [0.05, 0.1) is 0 Å². The first kappa shape index (κ1) is 12.8. The second-order valence-corrected chi connectivity index (χ2v) is 4.20. The molecular formula is C14H21NO. The van der Waals surface area contributed by atoms with Crippen LogP contribution < -0.4 is 4.90 Å². The number of rotatable bonds is 7. The number of hydrogen-bond acceptors (Lipinski definition) is 2. The molecule has 0 aliphatic carbocycles. The summed E-state index contributed by atoms with van der Waals surface area (Å²) < 4.78 is 0. The van der Waals surface area contributed by atoms with Crippen molar-refractivity contribution in [2.24, 2.45) is 0 Å². The molecule has 0 unspecified atom stereocenters. The first-order valence-corrected chi connectivity index (χ1v) is 6.04. The maximum Gasteiger partial charge on any atom is 0.150 e. The van der Waals surface area contributed by atoms with Crippen LogP contribution in [0.2, 0.25) is 0 Å². The second-order valence-electron chi connectivity index (χ2n) is 4.20. The molecule has 0 aliphatic rings. The third-order valence-electron chi connectivity index (χ3n) is 2.79. The fourth-order valence-electron chi connectivity index (χ4n) is 1.74. The number of anilines is 1. The molecule has 0 aromatic heterocycles. The lowest BCUT2D eigenvalue weighted by Gasteiger charge is -2.19. The Hall–Kier alpha value is -1.31. The van der Waals surface area contributed by atoms with Crippen LogP contribution in [0.5, 0.6) is 0 Å². The molecule has 0 amide bonds. The summed E-state index contributed by atoms with van der Waals surface area (Å²) in [4.78, 5) is 12.9. The van der Waals surface area contributed by atoms with Crippen LogP contribution in [0.4, 0.5) is 5.69 Å². The Labute approximate surface area is 98.3 Å². The van der Waals surface area contributed by atoms with Gasteiger partial charge in [-0.25, -0.2) is 0 Å². The zero-order valence-electron chi connectivity index (χ0n) is 10.3. The van der Waals surface area contributed by atoms with Crippen LogP contribution in [-0.4, -0.2) is 19.9 Å². The molecule has 0 fully saturated rings. The van der Waals surface area contributed by atoms with Crippen LogP contribution in [0, 0.1) is 0 Å². The van der Waals surface area contributed by atoms with Crippen molar-refractivity contribution < 1.29 is 4.79 Å². The van der Waals surface area contributed by atoms with Gasteiger partial charge in [0.1, 0.15) is 6.29 Å². The molecule has 0 atom stereocenters. The van der Waals surface area contributed by atoms with Crippen molar-refractivity contribution in [1.82, 2.24) is 0 Å². The molecule has 16 heavy (non-hydrogen) atoms. The summed E-state index contributed by atoms with van der Waals surface area (Å²) in [5.74, 6) is 0. The number of nitrogens with zero attached hydrogens (tertiary/aromatic N) is 1. The minimum absolute atomic E-state index is 0.748. The van der Waals surface area contributed by atoms with Gasteiger partial charge in [0.2, 0.25) is 0 Å². The fourth-order valence-corrected chi connectivity index (χ4v) is 1.74. The van der Waals surface area contributed by atoms with Gasteiger partial charge in [0.25, 0.3) is 0 Å². The van der Waals surface area contributed by atoms with Gasteiger partial charge >= 0.3 is 0 Å². The minimum atomic E-state index is 0.748. The van der Waals surface area contributed by atoms with Gasteiger partial charge in [0.15, 0.2) is 0 Å². The van der Waals surface area contributed by atoms with Gasteiger partial charge in [0, 0.05) is 24.8 Å². The van der Waals surface area contributed by atoms with Crippen LogP contribution >= 0.6 is 0 Å². The summed E-state index contributed by atoms with van der Waals surface area (Å²) in [6, 6.07) is 7.75. The molecule has 0 spiro atoms. The van der Waals surface area contributed by atoms with Gasteiger partial charge in [-0.2, -0.15) is 0 Å². The van der Waals surface area contributed by atoms with E-state index in [1.807, 2.05) is 24.3 Å².